The molecular formula is C17H26N2O. The summed E-state index contributed by atoms with van der Waals surface area (Å²) in [6, 6.07) is 9.81. The third-order valence-corrected chi connectivity index (χ3v) is 4.32. The zero-order valence-electron chi connectivity index (χ0n) is 12.3. The Balaban J connectivity index is 1.87. The molecule has 1 saturated carbocycles. The van der Waals surface area contributed by atoms with Crippen LogP contribution in [0.3, 0.4) is 0 Å². The van der Waals surface area contributed by atoms with Crippen LogP contribution in [0.25, 0.3) is 0 Å². The number of carbonyl (C=O) groups is 1. The lowest BCUT2D eigenvalue weighted by Gasteiger charge is -2.24. The summed E-state index contributed by atoms with van der Waals surface area (Å²) in [4.78, 5) is 12.2. The highest BCUT2D eigenvalue weighted by Crippen LogP contribution is 2.23. The number of hydrogen-bond acceptors (Lipinski definition) is 2. The molecule has 1 fully saturated rings. The van der Waals surface area contributed by atoms with Gasteiger partial charge in [0, 0.05) is 6.04 Å². The molecular weight excluding hydrogens is 248 g/mol. The van der Waals surface area contributed by atoms with Gasteiger partial charge in [-0.1, -0.05) is 56.5 Å². The Morgan fingerprint density at radius 1 is 1.25 bits per heavy atom. The van der Waals surface area contributed by atoms with Gasteiger partial charge < -0.3 is 11.1 Å². The van der Waals surface area contributed by atoms with Gasteiger partial charge in [0.05, 0.1) is 6.04 Å². The van der Waals surface area contributed by atoms with Gasteiger partial charge in [0.15, 0.2) is 0 Å². The minimum Gasteiger partial charge on any atom is -0.352 e. The largest absolute Gasteiger partial charge is 0.352 e. The van der Waals surface area contributed by atoms with Crippen molar-refractivity contribution in [3.05, 3.63) is 35.9 Å². The van der Waals surface area contributed by atoms with Crippen LogP contribution in [-0.2, 0) is 11.2 Å². The summed E-state index contributed by atoms with van der Waals surface area (Å²) < 4.78 is 0. The van der Waals surface area contributed by atoms with E-state index in [0.717, 1.165) is 12.0 Å². The number of benzene rings is 1. The van der Waals surface area contributed by atoms with Crippen molar-refractivity contribution in [2.75, 3.05) is 0 Å². The van der Waals surface area contributed by atoms with Crippen LogP contribution in [-0.4, -0.2) is 18.0 Å². The molecule has 1 amide bonds. The SMILES string of the molecule is CC1CCCCCC1NC(=O)[C@@H](N)Cc1ccccc1. The van der Waals surface area contributed by atoms with Crippen LogP contribution >= 0.6 is 0 Å². The lowest BCUT2D eigenvalue weighted by molar-refractivity contribution is -0.123. The first-order valence-electron chi connectivity index (χ1n) is 7.76. The van der Waals surface area contributed by atoms with Crippen molar-refractivity contribution in [1.29, 1.82) is 0 Å². The third-order valence-electron chi connectivity index (χ3n) is 4.32. The van der Waals surface area contributed by atoms with E-state index in [1.54, 1.807) is 0 Å². The van der Waals surface area contributed by atoms with Crippen molar-refractivity contribution in [2.45, 2.75) is 57.5 Å². The predicted octanol–water partition coefficient (Wildman–Crippen LogP) is 2.64. The highest BCUT2D eigenvalue weighted by Gasteiger charge is 2.23. The lowest BCUT2D eigenvalue weighted by Crippen LogP contribution is -2.48. The molecule has 0 heterocycles. The van der Waals surface area contributed by atoms with Gasteiger partial charge >= 0.3 is 0 Å². The van der Waals surface area contributed by atoms with Crippen LogP contribution in [0.2, 0.25) is 0 Å². The van der Waals surface area contributed by atoms with Crippen LogP contribution in [0, 0.1) is 5.92 Å². The van der Waals surface area contributed by atoms with Crippen molar-refractivity contribution in [3.63, 3.8) is 0 Å². The van der Waals surface area contributed by atoms with Crippen LogP contribution in [0.4, 0.5) is 0 Å². The molecule has 3 N–H and O–H groups in total. The molecule has 0 bridgehead atoms. The molecule has 3 heteroatoms. The van der Waals surface area contributed by atoms with Gasteiger partial charge in [-0.2, -0.15) is 0 Å². The number of nitrogens with two attached hydrogens (primary N) is 1. The Hall–Kier alpha value is -1.35. The molecule has 1 aromatic rings. The summed E-state index contributed by atoms with van der Waals surface area (Å²) in [5.41, 5.74) is 7.15. The van der Waals surface area contributed by atoms with Crippen molar-refractivity contribution in [2.24, 2.45) is 11.7 Å². The molecule has 0 aliphatic heterocycles. The highest BCUT2D eigenvalue weighted by atomic mass is 16.2. The molecule has 0 spiro atoms. The minimum absolute atomic E-state index is 0.00685. The van der Waals surface area contributed by atoms with Crippen LogP contribution < -0.4 is 11.1 Å². The van der Waals surface area contributed by atoms with Crippen LogP contribution in [0.15, 0.2) is 30.3 Å². The fourth-order valence-corrected chi connectivity index (χ4v) is 2.96. The Labute approximate surface area is 121 Å². The number of nitrogens with one attached hydrogen (secondary N) is 1. The van der Waals surface area contributed by atoms with Crippen molar-refractivity contribution >= 4 is 5.91 Å². The molecule has 0 aromatic heterocycles. The normalized spacial score (nSPS) is 24.7. The number of rotatable bonds is 4. The summed E-state index contributed by atoms with van der Waals surface area (Å²) in [5, 5.41) is 3.16. The van der Waals surface area contributed by atoms with Crippen molar-refractivity contribution in [1.82, 2.24) is 5.32 Å². The van der Waals surface area contributed by atoms with E-state index in [2.05, 4.69) is 12.2 Å². The van der Waals surface area contributed by atoms with E-state index in [1.165, 1.54) is 25.7 Å². The highest BCUT2D eigenvalue weighted by molar-refractivity contribution is 5.82. The fraction of sp³-hybridized carbons (Fsp3) is 0.588. The second kappa shape index (κ2) is 7.44. The van der Waals surface area contributed by atoms with Gasteiger partial charge in [-0.05, 0) is 30.7 Å². The first kappa shape index (κ1) is 15.0. The Morgan fingerprint density at radius 2 is 1.95 bits per heavy atom. The summed E-state index contributed by atoms with van der Waals surface area (Å²) in [7, 11) is 0. The number of amides is 1. The van der Waals surface area contributed by atoms with E-state index >= 15 is 0 Å². The topological polar surface area (TPSA) is 55.1 Å². The van der Waals surface area contributed by atoms with Crippen molar-refractivity contribution in [3.8, 4) is 0 Å². The number of carbonyl (C=O) groups excluding carboxylic acids is 1. The second-order valence-electron chi connectivity index (χ2n) is 6.03. The quantitative estimate of drug-likeness (QED) is 0.829. The Bertz CT molecular complexity index is 418. The summed E-state index contributed by atoms with van der Waals surface area (Å²) >= 11 is 0. The van der Waals surface area contributed by atoms with Crippen LogP contribution in [0.1, 0.15) is 44.6 Å². The van der Waals surface area contributed by atoms with Crippen LogP contribution in [0.5, 0.6) is 0 Å². The van der Waals surface area contributed by atoms with Gasteiger partial charge in [-0.25, -0.2) is 0 Å². The minimum atomic E-state index is -0.451. The summed E-state index contributed by atoms with van der Waals surface area (Å²) in [6.07, 6.45) is 6.68. The second-order valence-corrected chi connectivity index (χ2v) is 6.03. The third kappa shape index (κ3) is 4.34. The maximum atomic E-state index is 12.2. The molecule has 110 valence electrons. The summed E-state index contributed by atoms with van der Waals surface area (Å²) in [6.45, 7) is 2.24. The van der Waals surface area contributed by atoms with Gasteiger partial charge in [0.1, 0.15) is 0 Å². The molecule has 2 rings (SSSR count). The zero-order valence-corrected chi connectivity index (χ0v) is 12.3. The van der Waals surface area contributed by atoms with E-state index in [9.17, 15) is 4.79 Å². The van der Waals surface area contributed by atoms with Gasteiger partial charge in [0.25, 0.3) is 0 Å². The maximum absolute atomic E-state index is 12.2. The molecule has 1 aromatic carbocycles. The molecule has 2 unspecified atom stereocenters. The smallest absolute Gasteiger partial charge is 0.237 e. The maximum Gasteiger partial charge on any atom is 0.237 e. The zero-order chi connectivity index (χ0) is 14.4. The molecule has 1 aliphatic carbocycles. The van der Waals surface area contributed by atoms with E-state index in [0.29, 0.717) is 18.4 Å². The van der Waals surface area contributed by atoms with Gasteiger partial charge in [-0.3, -0.25) is 4.79 Å². The fourth-order valence-electron chi connectivity index (χ4n) is 2.96. The first-order chi connectivity index (χ1) is 9.66. The molecule has 3 nitrogen and oxygen atoms in total. The Kier molecular flexibility index (Phi) is 5.60. The average molecular weight is 274 g/mol. The van der Waals surface area contributed by atoms with Gasteiger partial charge in [0.2, 0.25) is 5.91 Å². The average Bonchev–Trinajstić information content (AvgIpc) is 2.65. The summed E-state index contributed by atoms with van der Waals surface area (Å²) in [5.74, 6) is 0.554. The van der Waals surface area contributed by atoms with Gasteiger partial charge in [-0.15, -0.1) is 0 Å². The van der Waals surface area contributed by atoms with E-state index in [4.69, 9.17) is 5.73 Å². The molecule has 3 atom stereocenters. The molecule has 0 radical (unpaired) electrons. The van der Waals surface area contributed by atoms with E-state index < -0.39 is 6.04 Å². The standard InChI is InChI=1S/C17H26N2O/c1-13-8-4-2-7-11-16(13)19-17(20)15(18)12-14-9-5-3-6-10-14/h3,5-6,9-10,13,15-16H,2,4,7-8,11-12,18H2,1H3,(H,19,20)/t13?,15-,16?/m0/s1. The first-order valence-corrected chi connectivity index (χ1v) is 7.76. The molecule has 20 heavy (non-hydrogen) atoms. The van der Waals surface area contributed by atoms with E-state index in [-0.39, 0.29) is 5.91 Å². The van der Waals surface area contributed by atoms with E-state index in [1.807, 2.05) is 30.3 Å². The predicted molar refractivity (Wildman–Crippen MR) is 82.3 cm³/mol. The molecule has 1 aliphatic rings. The lowest BCUT2D eigenvalue weighted by atomic mass is 9.96. The number of hydrogen-bond donors (Lipinski definition) is 2. The monoisotopic (exact) mass is 274 g/mol. The molecule has 0 saturated heterocycles. The Morgan fingerprint density at radius 3 is 2.70 bits per heavy atom. The van der Waals surface area contributed by atoms with Crippen molar-refractivity contribution < 1.29 is 4.79 Å².